The molecule has 1 unspecified atom stereocenters. The SMILES string of the molecule is C[C@@]1(NC(=O)CCC(F)(F)F)CCOC2(CCNCC2)C1O. The predicted octanol–water partition coefficient (Wildman–Crippen LogP) is 1.11. The Hall–Kier alpha value is -0.860. The van der Waals surface area contributed by atoms with Gasteiger partial charge in [0, 0.05) is 13.0 Å². The first kappa shape index (κ1) is 17.5. The van der Waals surface area contributed by atoms with E-state index in [-0.39, 0.29) is 0 Å². The molecule has 8 heteroatoms. The van der Waals surface area contributed by atoms with Crippen molar-refractivity contribution in [3.8, 4) is 0 Å². The second-order valence-corrected chi connectivity index (χ2v) is 6.40. The molecular formula is C14H23F3N2O3. The standard InChI is InChI=1S/C14H23F3N2O3/c1-12(19-10(20)2-3-14(15,16)17)6-9-22-13(11(12)21)4-7-18-8-5-13/h11,18,21H,2-9H2,1H3,(H,19,20)/t11?,12-/m1/s1. The molecule has 0 aliphatic carbocycles. The van der Waals surface area contributed by atoms with Crippen LogP contribution in [0, 0.1) is 0 Å². The average molecular weight is 324 g/mol. The smallest absolute Gasteiger partial charge is 0.388 e. The summed E-state index contributed by atoms with van der Waals surface area (Å²) in [6.45, 7) is 3.45. The molecule has 2 aliphatic heterocycles. The van der Waals surface area contributed by atoms with Crippen LogP contribution in [0.25, 0.3) is 0 Å². The van der Waals surface area contributed by atoms with E-state index in [9.17, 15) is 23.1 Å². The van der Waals surface area contributed by atoms with Gasteiger partial charge in [0.15, 0.2) is 0 Å². The van der Waals surface area contributed by atoms with Crippen molar-refractivity contribution in [3.05, 3.63) is 0 Å². The minimum absolute atomic E-state index is 0.368. The Morgan fingerprint density at radius 1 is 1.36 bits per heavy atom. The molecule has 2 rings (SSSR count). The van der Waals surface area contributed by atoms with Crippen LogP contribution in [0.1, 0.15) is 39.0 Å². The van der Waals surface area contributed by atoms with E-state index in [1.807, 2.05) is 0 Å². The Balaban J connectivity index is 2.00. The summed E-state index contributed by atoms with van der Waals surface area (Å²) in [4.78, 5) is 11.8. The minimum atomic E-state index is -4.36. The van der Waals surface area contributed by atoms with E-state index in [0.29, 0.717) is 39.0 Å². The summed E-state index contributed by atoms with van der Waals surface area (Å²) in [5.74, 6) is -0.690. The number of carbonyl (C=O) groups is 1. The molecule has 22 heavy (non-hydrogen) atoms. The molecule has 1 amide bonds. The van der Waals surface area contributed by atoms with Gasteiger partial charge in [0.2, 0.25) is 5.91 Å². The van der Waals surface area contributed by atoms with Gasteiger partial charge in [0.05, 0.1) is 17.6 Å². The van der Waals surface area contributed by atoms with Gasteiger partial charge in [-0.3, -0.25) is 4.79 Å². The molecule has 2 heterocycles. The van der Waals surface area contributed by atoms with E-state index < -0.39 is 42.2 Å². The minimum Gasteiger partial charge on any atom is -0.388 e. The molecule has 5 nitrogen and oxygen atoms in total. The number of aliphatic hydroxyl groups excluding tert-OH is 1. The molecule has 2 atom stereocenters. The van der Waals surface area contributed by atoms with Crippen LogP contribution in [0.15, 0.2) is 0 Å². The predicted molar refractivity (Wildman–Crippen MR) is 73.2 cm³/mol. The number of halogens is 3. The van der Waals surface area contributed by atoms with Gasteiger partial charge in [-0.15, -0.1) is 0 Å². The second kappa shape index (κ2) is 6.33. The third kappa shape index (κ3) is 3.91. The molecule has 0 aromatic rings. The summed E-state index contributed by atoms with van der Waals surface area (Å²) in [5.41, 5.74) is -1.69. The summed E-state index contributed by atoms with van der Waals surface area (Å²) < 4.78 is 42.4. The lowest BCUT2D eigenvalue weighted by atomic mass is 9.73. The Morgan fingerprint density at radius 3 is 2.59 bits per heavy atom. The lowest BCUT2D eigenvalue weighted by Gasteiger charge is -2.52. The van der Waals surface area contributed by atoms with E-state index in [0.717, 1.165) is 0 Å². The Morgan fingerprint density at radius 2 is 2.00 bits per heavy atom. The summed E-state index contributed by atoms with van der Waals surface area (Å²) >= 11 is 0. The highest BCUT2D eigenvalue weighted by Gasteiger charge is 2.53. The molecular weight excluding hydrogens is 301 g/mol. The number of hydrogen-bond donors (Lipinski definition) is 3. The Bertz CT molecular complexity index is 405. The van der Waals surface area contributed by atoms with Crippen LogP contribution in [0.2, 0.25) is 0 Å². The largest absolute Gasteiger partial charge is 0.389 e. The van der Waals surface area contributed by atoms with Gasteiger partial charge >= 0.3 is 6.18 Å². The van der Waals surface area contributed by atoms with Gasteiger partial charge in [-0.05, 0) is 39.3 Å². The first-order valence-electron chi connectivity index (χ1n) is 7.57. The molecule has 0 bridgehead atoms. The van der Waals surface area contributed by atoms with Crippen molar-refractivity contribution in [2.75, 3.05) is 19.7 Å². The number of aliphatic hydroxyl groups is 1. The van der Waals surface area contributed by atoms with Crippen molar-refractivity contribution in [2.24, 2.45) is 0 Å². The molecule has 128 valence electrons. The quantitative estimate of drug-likeness (QED) is 0.727. The van der Waals surface area contributed by atoms with Crippen LogP contribution in [-0.2, 0) is 9.53 Å². The van der Waals surface area contributed by atoms with Crippen LogP contribution in [0.4, 0.5) is 13.2 Å². The molecule has 1 spiro atoms. The first-order chi connectivity index (χ1) is 10.2. The molecule has 2 fully saturated rings. The van der Waals surface area contributed by atoms with Crippen molar-refractivity contribution in [1.29, 1.82) is 0 Å². The number of hydrogen-bond acceptors (Lipinski definition) is 4. The number of carbonyl (C=O) groups excluding carboxylic acids is 1. The lowest BCUT2D eigenvalue weighted by molar-refractivity contribution is -0.200. The fourth-order valence-electron chi connectivity index (χ4n) is 3.30. The van der Waals surface area contributed by atoms with Crippen molar-refractivity contribution in [3.63, 3.8) is 0 Å². The number of nitrogens with one attached hydrogen (secondary N) is 2. The maximum Gasteiger partial charge on any atom is 0.389 e. The molecule has 0 aromatic carbocycles. The highest BCUT2D eigenvalue weighted by molar-refractivity contribution is 5.77. The van der Waals surface area contributed by atoms with Gasteiger partial charge in [-0.2, -0.15) is 13.2 Å². The lowest BCUT2D eigenvalue weighted by Crippen LogP contribution is -2.69. The number of amides is 1. The van der Waals surface area contributed by atoms with Gasteiger partial charge in [-0.25, -0.2) is 0 Å². The van der Waals surface area contributed by atoms with Crippen molar-refractivity contribution < 1.29 is 27.8 Å². The highest BCUT2D eigenvalue weighted by Crippen LogP contribution is 2.38. The Kier molecular flexibility index (Phi) is 5.03. The topological polar surface area (TPSA) is 70.6 Å². The van der Waals surface area contributed by atoms with Crippen LogP contribution < -0.4 is 10.6 Å². The molecule has 2 aliphatic rings. The van der Waals surface area contributed by atoms with Gasteiger partial charge in [0.1, 0.15) is 6.10 Å². The van der Waals surface area contributed by atoms with E-state index >= 15 is 0 Å². The monoisotopic (exact) mass is 324 g/mol. The number of piperidine rings is 1. The fraction of sp³-hybridized carbons (Fsp3) is 0.929. The average Bonchev–Trinajstić information content (AvgIpc) is 2.43. The van der Waals surface area contributed by atoms with E-state index in [2.05, 4.69) is 10.6 Å². The zero-order chi connectivity index (χ0) is 16.4. The Labute approximate surface area is 127 Å². The third-order valence-corrected chi connectivity index (χ3v) is 4.62. The third-order valence-electron chi connectivity index (χ3n) is 4.62. The van der Waals surface area contributed by atoms with Gasteiger partial charge in [0.25, 0.3) is 0 Å². The first-order valence-corrected chi connectivity index (χ1v) is 7.57. The molecule has 0 radical (unpaired) electrons. The van der Waals surface area contributed by atoms with Crippen LogP contribution in [0.3, 0.4) is 0 Å². The van der Waals surface area contributed by atoms with Gasteiger partial charge in [-0.1, -0.05) is 0 Å². The van der Waals surface area contributed by atoms with Crippen LogP contribution in [0.5, 0.6) is 0 Å². The number of alkyl halides is 3. The second-order valence-electron chi connectivity index (χ2n) is 6.40. The molecule has 0 saturated carbocycles. The molecule has 2 saturated heterocycles. The molecule has 0 aromatic heterocycles. The van der Waals surface area contributed by atoms with E-state index in [1.54, 1.807) is 6.92 Å². The van der Waals surface area contributed by atoms with E-state index in [4.69, 9.17) is 4.74 Å². The van der Waals surface area contributed by atoms with Crippen molar-refractivity contribution in [2.45, 2.75) is 62.4 Å². The number of ether oxygens (including phenoxy) is 1. The molecule has 3 N–H and O–H groups in total. The van der Waals surface area contributed by atoms with Crippen molar-refractivity contribution in [1.82, 2.24) is 10.6 Å². The van der Waals surface area contributed by atoms with E-state index in [1.165, 1.54) is 0 Å². The normalized spacial score (nSPS) is 32.0. The van der Waals surface area contributed by atoms with Crippen LogP contribution in [-0.4, -0.2) is 54.1 Å². The maximum atomic E-state index is 12.2. The highest BCUT2D eigenvalue weighted by atomic mass is 19.4. The van der Waals surface area contributed by atoms with Gasteiger partial charge < -0.3 is 20.5 Å². The zero-order valence-electron chi connectivity index (χ0n) is 12.6. The zero-order valence-corrected chi connectivity index (χ0v) is 12.6. The number of rotatable bonds is 3. The summed E-state index contributed by atoms with van der Waals surface area (Å²) in [6, 6.07) is 0. The van der Waals surface area contributed by atoms with Crippen LogP contribution >= 0.6 is 0 Å². The summed E-state index contributed by atoms with van der Waals surface area (Å²) in [5, 5.41) is 16.5. The maximum absolute atomic E-state index is 12.2. The summed E-state index contributed by atoms with van der Waals surface area (Å²) in [7, 11) is 0. The van der Waals surface area contributed by atoms with Crippen molar-refractivity contribution >= 4 is 5.91 Å². The fourth-order valence-corrected chi connectivity index (χ4v) is 3.30. The summed E-state index contributed by atoms with van der Waals surface area (Å²) in [6.07, 6.45) is -5.47.